The van der Waals surface area contributed by atoms with E-state index in [9.17, 15) is 9.18 Å². The summed E-state index contributed by atoms with van der Waals surface area (Å²) in [4.78, 5) is 13.5. The maximum atomic E-state index is 13.3. The summed E-state index contributed by atoms with van der Waals surface area (Å²) in [6.45, 7) is 3.21. The van der Waals surface area contributed by atoms with Crippen LogP contribution in [0.4, 0.5) is 4.39 Å². The molecule has 1 rings (SSSR count). The molecule has 1 amide bonds. The Balaban J connectivity index is 2.37. The zero-order chi connectivity index (χ0) is 14.3. The van der Waals surface area contributed by atoms with Crippen LogP contribution in [0, 0.1) is 11.7 Å². The van der Waals surface area contributed by atoms with Crippen LogP contribution in [0.2, 0.25) is 0 Å². The van der Waals surface area contributed by atoms with Crippen molar-refractivity contribution in [2.45, 2.75) is 6.92 Å². The van der Waals surface area contributed by atoms with Crippen molar-refractivity contribution in [2.75, 3.05) is 33.8 Å². The molecule has 19 heavy (non-hydrogen) atoms. The van der Waals surface area contributed by atoms with Gasteiger partial charge in [-0.2, -0.15) is 0 Å². The van der Waals surface area contributed by atoms with Crippen molar-refractivity contribution in [1.82, 2.24) is 10.2 Å². The Kier molecular flexibility index (Phi) is 6.29. The summed E-state index contributed by atoms with van der Waals surface area (Å²) in [7, 11) is 3.53. The molecule has 5 heteroatoms. The van der Waals surface area contributed by atoms with E-state index in [1.807, 2.05) is 14.0 Å². The average Bonchev–Trinajstić information content (AvgIpc) is 2.40. The number of rotatable bonds is 7. The van der Waals surface area contributed by atoms with E-state index < -0.39 is 0 Å². The van der Waals surface area contributed by atoms with Gasteiger partial charge in [-0.05, 0) is 19.2 Å². The molecule has 1 aromatic carbocycles. The lowest BCUT2D eigenvalue weighted by atomic mass is 10.1. The van der Waals surface area contributed by atoms with Gasteiger partial charge in [0.15, 0.2) is 11.6 Å². The monoisotopic (exact) mass is 268 g/mol. The fourth-order valence-corrected chi connectivity index (χ4v) is 1.73. The molecule has 0 spiro atoms. The molecule has 0 radical (unpaired) electrons. The number of hydrogen-bond acceptors (Lipinski definition) is 3. The highest BCUT2D eigenvalue weighted by Gasteiger charge is 2.16. The second-order valence-electron chi connectivity index (χ2n) is 4.50. The lowest BCUT2D eigenvalue weighted by Crippen LogP contribution is -2.38. The van der Waals surface area contributed by atoms with Gasteiger partial charge < -0.3 is 15.0 Å². The molecule has 1 atom stereocenters. The van der Waals surface area contributed by atoms with Crippen molar-refractivity contribution in [2.24, 2.45) is 5.92 Å². The summed E-state index contributed by atoms with van der Waals surface area (Å²) in [5.74, 6) is -0.207. The minimum Gasteiger partial charge on any atom is -0.489 e. The van der Waals surface area contributed by atoms with E-state index in [1.54, 1.807) is 30.1 Å². The van der Waals surface area contributed by atoms with Gasteiger partial charge in [0.1, 0.15) is 6.61 Å². The predicted octanol–water partition coefficient (Wildman–Crippen LogP) is 1.52. The first kappa shape index (κ1) is 15.4. The Morgan fingerprint density at radius 2 is 2.16 bits per heavy atom. The molecule has 0 saturated heterocycles. The molecule has 0 aliphatic heterocycles. The number of halogens is 1. The molecule has 1 aromatic rings. The van der Waals surface area contributed by atoms with Gasteiger partial charge in [0.05, 0.1) is 6.54 Å². The Morgan fingerprint density at radius 3 is 2.79 bits per heavy atom. The lowest BCUT2D eigenvalue weighted by Gasteiger charge is -2.21. The van der Waals surface area contributed by atoms with E-state index in [4.69, 9.17) is 4.74 Å². The number of amides is 1. The normalized spacial score (nSPS) is 12.0. The molecular weight excluding hydrogens is 247 g/mol. The molecule has 0 bridgehead atoms. The Hall–Kier alpha value is -1.62. The van der Waals surface area contributed by atoms with E-state index in [0.717, 1.165) is 0 Å². The fourth-order valence-electron chi connectivity index (χ4n) is 1.73. The van der Waals surface area contributed by atoms with Gasteiger partial charge in [-0.15, -0.1) is 0 Å². The highest BCUT2D eigenvalue weighted by Crippen LogP contribution is 2.15. The molecule has 0 heterocycles. The molecular formula is C14H21FN2O2. The van der Waals surface area contributed by atoms with Crippen molar-refractivity contribution in [3.8, 4) is 5.75 Å². The van der Waals surface area contributed by atoms with Gasteiger partial charge in [0.25, 0.3) is 0 Å². The summed E-state index contributed by atoms with van der Waals surface area (Å²) < 4.78 is 18.6. The second kappa shape index (κ2) is 7.74. The number of likely N-dealkylation sites (N-methyl/N-ethyl adjacent to an activating group) is 1. The van der Waals surface area contributed by atoms with Crippen LogP contribution in [0.25, 0.3) is 0 Å². The summed E-state index contributed by atoms with van der Waals surface area (Å²) in [6.07, 6.45) is 0. The van der Waals surface area contributed by atoms with E-state index in [1.165, 1.54) is 6.07 Å². The molecule has 0 aliphatic rings. The van der Waals surface area contributed by atoms with Crippen molar-refractivity contribution in [3.05, 3.63) is 30.1 Å². The minimum atomic E-state index is -0.389. The molecule has 0 saturated carbocycles. The summed E-state index contributed by atoms with van der Waals surface area (Å²) in [6, 6.07) is 6.24. The number of nitrogens with one attached hydrogen (secondary N) is 1. The molecule has 106 valence electrons. The summed E-state index contributed by atoms with van der Waals surface area (Å²) in [5.41, 5.74) is 0. The zero-order valence-corrected chi connectivity index (χ0v) is 11.6. The number of carbonyl (C=O) groups is 1. The van der Waals surface area contributed by atoms with Crippen molar-refractivity contribution < 1.29 is 13.9 Å². The van der Waals surface area contributed by atoms with E-state index >= 15 is 0 Å². The quantitative estimate of drug-likeness (QED) is 0.815. The maximum absolute atomic E-state index is 13.3. The van der Waals surface area contributed by atoms with Crippen molar-refractivity contribution in [1.29, 1.82) is 0 Å². The van der Waals surface area contributed by atoms with Crippen LogP contribution in [0.1, 0.15) is 6.92 Å². The highest BCUT2D eigenvalue weighted by molar-refractivity contribution is 5.78. The molecule has 1 N–H and O–H groups in total. The Labute approximate surface area is 113 Å². The summed E-state index contributed by atoms with van der Waals surface area (Å²) in [5, 5.41) is 2.96. The van der Waals surface area contributed by atoms with Crippen molar-refractivity contribution in [3.63, 3.8) is 0 Å². The van der Waals surface area contributed by atoms with Gasteiger partial charge in [0, 0.05) is 19.5 Å². The standard InChI is InChI=1S/C14H21FN2O2/c1-11(10-16-2)14(18)17(3)8-9-19-13-7-5-4-6-12(13)15/h4-7,11,16H,8-10H2,1-3H3. The average molecular weight is 268 g/mol. The third-order valence-electron chi connectivity index (χ3n) is 2.83. The third-order valence-corrected chi connectivity index (χ3v) is 2.83. The first-order chi connectivity index (χ1) is 9.06. The van der Waals surface area contributed by atoms with Gasteiger partial charge in [-0.25, -0.2) is 4.39 Å². The predicted molar refractivity (Wildman–Crippen MR) is 72.6 cm³/mol. The van der Waals surface area contributed by atoms with E-state index in [-0.39, 0.29) is 30.0 Å². The number of para-hydroxylation sites is 1. The smallest absolute Gasteiger partial charge is 0.226 e. The Bertz CT molecular complexity index is 412. The van der Waals surface area contributed by atoms with Crippen LogP contribution in [0.5, 0.6) is 5.75 Å². The zero-order valence-electron chi connectivity index (χ0n) is 11.6. The minimum absolute atomic E-state index is 0.0477. The number of hydrogen-bond donors (Lipinski definition) is 1. The van der Waals surface area contributed by atoms with Gasteiger partial charge >= 0.3 is 0 Å². The Morgan fingerprint density at radius 1 is 1.47 bits per heavy atom. The van der Waals surface area contributed by atoms with E-state index in [0.29, 0.717) is 13.1 Å². The van der Waals surface area contributed by atoms with Crippen LogP contribution in [0.3, 0.4) is 0 Å². The van der Waals surface area contributed by atoms with Crippen LogP contribution in [0.15, 0.2) is 24.3 Å². The van der Waals surface area contributed by atoms with Gasteiger partial charge in [-0.3, -0.25) is 4.79 Å². The topological polar surface area (TPSA) is 41.6 Å². The third kappa shape index (κ3) is 4.87. The largest absolute Gasteiger partial charge is 0.489 e. The van der Waals surface area contributed by atoms with Crippen molar-refractivity contribution >= 4 is 5.91 Å². The van der Waals surface area contributed by atoms with Crippen LogP contribution < -0.4 is 10.1 Å². The van der Waals surface area contributed by atoms with E-state index in [2.05, 4.69) is 5.32 Å². The van der Waals surface area contributed by atoms with Gasteiger partial charge in [0.2, 0.25) is 5.91 Å². The molecule has 0 aliphatic carbocycles. The van der Waals surface area contributed by atoms with Gasteiger partial charge in [-0.1, -0.05) is 19.1 Å². The number of ether oxygens (including phenoxy) is 1. The first-order valence-electron chi connectivity index (χ1n) is 6.33. The molecule has 0 aromatic heterocycles. The maximum Gasteiger partial charge on any atom is 0.226 e. The van der Waals surface area contributed by atoms with Crippen LogP contribution >= 0.6 is 0 Å². The number of carbonyl (C=O) groups excluding carboxylic acids is 1. The molecule has 4 nitrogen and oxygen atoms in total. The lowest BCUT2D eigenvalue weighted by molar-refractivity contribution is -0.133. The number of nitrogens with zero attached hydrogens (tertiary/aromatic N) is 1. The fraction of sp³-hybridized carbons (Fsp3) is 0.500. The number of benzene rings is 1. The second-order valence-corrected chi connectivity index (χ2v) is 4.50. The summed E-state index contributed by atoms with van der Waals surface area (Å²) >= 11 is 0. The molecule has 0 fully saturated rings. The SMILES string of the molecule is CNCC(C)C(=O)N(C)CCOc1ccccc1F. The highest BCUT2D eigenvalue weighted by atomic mass is 19.1. The molecule has 1 unspecified atom stereocenters. The first-order valence-corrected chi connectivity index (χ1v) is 6.33. The van der Waals surface area contributed by atoms with Crippen LogP contribution in [-0.2, 0) is 4.79 Å². The van der Waals surface area contributed by atoms with Crippen LogP contribution in [-0.4, -0.2) is 44.6 Å².